The van der Waals surface area contributed by atoms with Gasteiger partial charge in [0, 0.05) is 12.1 Å². The Hall–Kier alpha value is -0.0800. The van der Waals surface area contributed by atoms with E-state index < -0.39 is 0 Å². The molecule has 0 spiro atoms. The molecule has 0 aliphatic heterocycles. The van der Waals surface area contributed by atoms with Crippen molar-refractivity contribution in [2.45, 2.75) is 65.0 Å². The predicted octanol–water partition coefficient (Wildman–Crippen LogP) is 2.56. The summed E-state index contributed by atoms with van der Waals surface area (Å²) in [5.74, 6) is 1.35. The van der Waals surface area contributed by atoms with Gasteiger partial charge in [0.15, 0.2) is 0 Å². The summed E-state index contributed by atoms with van der Waals surface area (Å²) in [6.07, 6.45) is 6.67. The van der Waals surface area contributed by atoms with E-state index in [-0.39, 0.29) is 12.6 Å². The molecule has 2 heteroatoms. The average Bonchev–Trinajstić information content (AvgIpc) is 2.25. The Balaban J connectivity index is 2.46. The topological polar surface area (TPSA) is 32.3 Å². The first kappa shape index (κ1) is 13.0. The van der Waals surface area contributed by atoms with E-state index in [2.05, 4.69) is 26.1 Å². The number of nitrogens with one attached hydrogen (secondary N) is 1. The molecule has 0 aromatic rings. The molecule has 0 saturated heterocycles. The fourth-order valence-electron chi connectivity index (χ4n) is 2.65. The first-order valence-electron chi connectivity index (χ1n) is 6.56. The maximum absolute atomic E-state index is 9.32. The van der Waals surface area contributed by atoms with Crippen LogP contribution in [0.2, 0.25) is 0 Å². The molecule has 1 aliphatic rings. The molecule has 2 nitrogen and oxygen atoms in total. The first-order chi connectivity index (χ1) is 7.19. The Kier molecular flexibility index (Phi) is 5.62. The van der Waals surface area contributed by atoms with Crippen molar-refractivity contribution in [1.29, 1.82) is 0 Å². The molecule has 0 aromatic heterocycles. The molecular weight excluding hydrogens is 186 g/mol. The Morgan fingerprint density at radius 2 is 1.93 bits per heavy atom. The van der Waals surface area contributed by atoms with Gasteiger partial charge < -0.3 is 10.4 Å². The molecule has 1 rings (SSSR count). The lowest BCUT2D eigenvalue weighted by molar-refractivity contribution is 0.162. The Bertz CT molecular complexity index is 170. The van der Waals surface area contributed by atoms with E-state index >= 15 is 0 Å². The van der Waals surface area contributed by atoms with Crippen LogP contribution in [0.5, 0.6) is 0 Å². The maximum Gasteiger partial charge on any atom is 0.0587 e. The quantitative estimate of drug-likeness (QED) is 0.735. The van der Waals surface area contributed by atoms with Crippen LogP contribution < -0.4 is 5.32 Å². The third-order valence-corrected chi connectivity index (χ3v) is 3.86. The first-order valence-corrected chi connectivity index (χ1v) is 6.56. The summed E-state index contributed by atoms with van der Waals surface area (Å²) in [6, 6.07) is 0.922. The van der Waals surface area contributed by atoms with E-state index in [0.29, 0.717) is 12.0 Å². The number of aliphatic hydroxyl groups is 1. The summed E-state index contributed by atoms with van der Waals surface area (Å²) < 4.78 is 0. The molecule has 0 radical (unpaired) electrons. The van der Waals surface area contributed by atoms with Gasteiger partial charge in [0.25, 0.3) is 0 Å². The third-order valence-electron chi connectivity index (χ3n) is 3.86. The van der Waals surface area contributed by atoms with Crippen molar-refractivity contribution in [1.82, 2.24) is 5.32 Å². The number of hydrogen-bond donors (Lipinski definition) is 2. The van der Waals surface area contributed by atoms with E-state index in [1.165, 1.54) is 32.1 Å². The van der Waals surface area contributed by atoms with E-state index in [1.807, 2.05) is 0 Å². The van der Waals surface area contributed by atoms with Gasteiger partial charge in [0.1, 0.15) is 0 Å². The van der Waals surface area contributed by atoms with E-state index in [4.69, 9.17) is 0 Å². The lowest BCUT2D eigenvalue weighted by Crippen LogP contribution is -2.48. The van der Waals surface area contributed by atoms with Crippen molar-refractivity contribution in [3.8, 4) is 0 Å². The predicted molar refractivity (Wildman–Crippen MR) is 64.9 cm³/mol. The monoisotopic (exact) mass is 213 g/mol. The van der Waals surface area contributed by atoms with Gasteiger partial charge >= 0.3 is 0 Å². The molecule has 3 unspecified atom stereocenters. The van der Waals surface area contributed by atoms with Crippen molar-refractivity contribution in [3.05, 3.63) is 0 Å². The fourth-order valence-corrected chi connectivity index (χ4v) is 2.65. The second-order valence-corrected chi connectivity index (χ2v) is 5.26. The van der Waals surface area contributed by atoms with Gasteiger partial charge in [0.2, 0.25) is 0 Å². The van der Waals surface area contributed by atoms with Crippen molar-refractivity contribution in [2.24, 2.45) is 11.8 Å². The molecular formula is C13H27NO. The van der Waals surface area contributed by atoms with Crippen molar-refractivity contribution < 1.29 is 5.11 Å². The van der Waals surface area contributed by atoms with Crippen LogP contribution >= 0.6 is 0 Å². The maximum atomic E-state index is 9.32. The minimum atomic E-state index is 0.268. The molecule has 0 amide bonds. The van der Waals surface area contributed by atoms with Crippen LogP contribution in [0.15, 0.2) is 0 Å². The summed E-state index contributed by atoms with van der Waals surface area (Å²) in [4.78, 5) is 0. The third kappa shape index (κ3) is 3.76. The smallest absolute Gasteiger partial charge is 0.0587 e. The second-order valence-electron chi connectivity index (χ2n) is 5.26. The van der Waals surface area contributed by atoms with Gasteiger partial charge in [-0.05, 0) is 24.7 Å². The summed E-state index contributed by atoms with van der Waals surface area (Å²) in [5.41, 5.74) is 0. The lowest BCUT2D eigenvalue weighted by atomic mass is 9.82. The Labute approximate surface area is 94.5 Å². The summed E-state index contributed by atoms with van der Waals surface area (Å²) >= 11 is 0. The molecule has 90 valence electrons. The van der Waals surface area contributed by atoms with Crippen molar-refractivity contribution in [3.63, 3.8) is 0 Å². The fraction of sp³-hybridized carbons (Fsp3) is 1.00. The van der Waals surface area contributed by atoms with Gasteiger partial charge in [-0.2, -0.15) is 0 Å². The van der Waals surface area contributed by atoms with Gasteiger partial charge in [-0.1, -0.05) is 40.0 Å². The van der Waals surface area contributed by atoms with Crippen LogP contribution in [0.25, 0.3) is 0 Å². The van der Waals surface area contributed by atoms with Gasteiger partial charge in [0.05, 0.1) is 6.61 Å². The molecule has 0 bridgehead atoms. The average molecular weight is 213 g/mol. The van der Waals surface area contributed by atoms with E-state index in [0.717, 1.165) is 5.92 Å². The molecule has 1 aliphatic carbocycles. The Morgan fingerprint density at radius 1 is 1.27 bits per heavy atom. The molecule has 1 saturated carbocycles. The van der Waals surface area contributed by atoms with Crippen LogP contribution in [0, 0.1) is 11.8 Å². The normalized spacial score (nSPS) is 29.4. The SMILES string of the molecule is CCC1CCCCC1NC(CO)C(C)C. The number of aliphatic hydroxyl groups excluding tert-OH is 1. The number of hydrogen-bond acceptors (Lipinski definition) is 2. The minimum Gasteiger partial charge on any atom is -0.395 e. The highest BCUT2D eigenvalue weighted by Crippen LogP contribution is 2.27. The zero-order valence-electron chi connectivity index (χ0n) is 10.5. The highest BCUT2D eigenvalue weighted by atomic mass is 16.3. The highest BCUT2D eigenvalue weighted by Gasteiger charge is 2.26. The zero-order valence-corrected chi connectivity index (χ0v) is 10.5. The summed E-state index contributed by atoms with van der Waals surface area (Å²) in [6.45, 7) is 6.91. The second kappa shape index (κ2) is 6.49. The molecule has 15 heavy (non-hydrogen) atoms. The zero-order chi connectivity index (χ0) is 11.3. The van der Waals surface area contributed by atoms with Crippen molar-refractivity contribution in [2.75, 3.05) is 6.61 Å². The summed E-state index contributed by atoms with van der Waals surface area (Å²) in [5, 5.41) is 13.0. The molecule has 1 fully saturated rings. The number of rotatable bonds is 5. The van der Waals surface area contributed by atoms with Gasteiger partial charge in [-0.25, -0.2) is 0 Å². The molecule has 3 atom stereocenters. The Morgan fingerprint density at radius 3 is 2.47 bits per heavy atom. The molecule has 0 heterocycles. The van der Waals surface area contributed by atoms with Crippen LogP contribution in [0.4, 0.5) is 0 Å². The molecule has 2 N–H and O–H groups in total. The molecule has 0 aromatic carbocycles. The lowest BCUT2D eigenvalue weighted by Gasteiger charge is -2.35. The highest BCUT2D eigenvalue weighted by molar-refractivity contribution is 4.84. The minimum absolute atomic E-state index is 0.268. The van der Waals surface area contributed by atoms with Crippen LogP contribution in [0.1, 0.15) is 52.9 Å². The van der Waals surface area contributed by atoms with Gasteiger partial charge in [-0.3, -0.25) is 0 Å². The van der Waals surface area contributed by atoms with Gasteiger partial charge in [-0.15, -0.1) is 0 Å². The van der Waals surface area contributed by atoms with Crippen molar-refractivity contribution >= 4 is 0 Å². The van der Waals surface area contributed by atoms with Crippen LogP contribution in [-0.2, 0) is 0 Å². The summed E-state index contributed by atoms with van der Waals surface area (Å²) in [7, 11) is 0. The largest absolute Gasteiger partial charge is 0.395 e. The van der Waals surface area contributed by atoms with E-state index in [9.17, 15) is 5.11 Å². The van der Waals surface area contributed by atoms with Crippen LogP contribution in [0.3, 0.4) is 0 Å². The van der Waals surface area contributed by atoms with Crippen LogP contribution in [-0.4, -0.2) is 23.8 Å². The van der Waals surface area contributed by atoms with E-state index in [1.54, 1.807) is 0 Å². The standard InChI is InChI=1S/C13H27NO/c1-4-11-7-5-6-8-12(11)14-13(9-15)10(2)3/h10-15H,4-9H2,1-3H3.